The maximum Gasteiger partial charge on any atom is 0.356 e. The summed E-state index contributed by atoms with van der Waals surface area (Å²) in [5.41, 5.74) is 3.86. The summed E-state index contributed by atoms with van der Waals surface area (Å²) in [4.78, 5) is 16.2. The molecule has 1 aromatic heterocycles. The average Bonchev–Trinajstić information content (AvgIpc) is 2.61. The molecule has 1 heterocycles. The zero-order valence-corrected chi connectivity index (χ0v) is 14.2. The zero-order valence-electron chi connectivity index (χ0n) is 13.5. The third-order valence-electron chi connectivity index (χ3n) is 3.78. The number of halogens is 1. The molecule has 3 aromatic rings. The van der Waals surface area contributed by atoms with Crippen LogP contribution in [0.15, 0.2) is 48.5 Å². The van der Waals surface area contributed by atoms with E-state index in [2.05, 4.69) is 29.4 Å². The van der Waals surface area contributed by atoms with Crippen LogP contribution in [0.1, 0.15) is 23.0 Å². The van der Waals surface area contributed by atoms with Gasteiger partial charge in [0.25, 0.3) is 0 Å². The van der Waals surface area contributed by atoms with Crippen LogP contribution in [-0.4, -0.2) is 18.1 Å². The van der Waals surface area contributed by atoms with Gasteiger partial charge >= 0.3 is 5.97 Å². The number of carbonyl (C=O) groups excluding carboxylic acids is 1. The number of aryl methyl sites for hydroxylation is 1. The number of aromatic nitrogens is 1. The molecular formula is C19H17ClN2O2. The number of rotatable bonds is 4. The lowest BCUT2D eigenvalue weighted by Gasteiger charge is -2.12. The van der Waals surface area contributed by atoms with Gasteiger partial charge in [-0.15, -0.1) is 0 Å². The van der Waals surface area contributed by atoms with Gasteiger partial charge in [-0.05, 0) is 48.4 Å². The van der Waals surface area contributed by atoms with Crippen LogP contribution < -0.4 is 5.32 Å². The van der Waals surface area contributed by atoms with E-state index < -0.39 is 5.97 Å². The van der Waals surface area contributed by atoms with E-state index in [-0.39, 0.29) is 5.69 Å². The van der Waals surface area contributed by atoms with Gasteiger partial charge in [-0.25, -0.2) is 9.78 Å². The largest absolute Gasteiger partial charge is 0.464 e. The molecule has 0 unspecified atom stereocenters. The number of hydrogen-bond acceptors (Lipinski definition) is 4. The predicted molar refractivity (Wildman–Crippen MR) is 97.2 cm³/mol. The van der Waals surface area contributed by atoms with Crippen molar-refractivity contribution in [2.24, 2.45) is 0 Å². The van der Waals surface area contributed by atoms with E-state index in [4.69, 9.17) is 16.3 Å². The van der Waals surface area contributed by atoms with E-state index in [0.717, 1.165) is 23.2 Å². The average molecular weight is 341 g/mol. The van der Waals surface area contributed by atoms with Crippen LogP contribution in [0.3, 0.4) is 0 Å². The minimum Gasteiger partial charge on any atom is -0.464 e. The highest BCUT2D eigenvalue weighted by Gasteiger charge is 2.13. The first-order valence-electron chi connectivity index (χ1n) is 7.65. The molecule has 1 N–H and O–H groups in total. The fourth-order valence-electron chi connectivity index (χ4n) is 2.54. The Hall–Kier alpha value is -2.59. The van der Waals surface area contributed by atoms with Gasteiger partial charge < -0.3 is 10.1 Å². The van der Waals surface area contributed by atoms with Crippen LogP contribution in [0.2, 0.25) is 5.02 Å². The Morgan fingerprint density at radius 3 is 2.79 bits per heavy atom. The van der Waals surface area contributed by atoms with Crippen LogP contribution in [-0.2, 0) is 11.2 Å². The van der Waals surface area contributed by atoms with Gasteiger partial charge in [0, 0.05) is 16.1 Å². The van der Waals surface area contributed by atoms with Gasteiger partial charge in [0.05, 0.1) is 18.3 Å². The fraction of sp³-hybridized carbons (Fsp3) is 0.158. The highest BCUT2D eigenvalue weighted by molar-refractivity contribution is 6.31. The molecule has 0 aliphatic rings. The molecule has 0 saturated heterocycles. The third-order valence-corrected chi connectivity index (χ3v) is 4.01. The first-order chi connectivity index (χ1) is 11.6. The monoisotopic (exact) mass is 340 g/mol. The van der Waals surface area contributed by atoms with Gasteiger partial charge in [0.1, 0.15) is 0 Å². The number of esters is 1. The maximum absolute atomic E-state index is 11.9. The van der Waals surface area contributed by atoms with Gasteiger partial charge in [-0.3, -0.25) is 0 Å². The van der Waals surface area contributed by atoms with Crippen molar-refractivity contribution in [1.82, 2.24) is 4.98 Å². The van der Waals surface area contributed by atoms with Crippen molar-refractivity contribution in [3.63, 3.8) is 0 Å². The number of benzene rings is 2. The minimum absolute atomic E-state index is 0.251. The lowest BCUT2D eigenvalue weighted by atomic mass is 10.1. The minimum atomic E-state index is -0.475. The van der Waals surface area contributed by atoms with E-state index in [1.54, 1.807) is 18.2 Å². The van der Waals surface area contributed by atoms with Crippen molar-refractivity contribution >= 4 is 39.8 Å². The summed E-state index contributed by atoms with van der Waals surface area (Å²) in [6.45, 7) is 2.11. The zero-order chi connectivity index (χ0) is 17.1. The molecule has 0 amide bonds. The SMILES string of the molecule is CCc1cccc(Nc2cc(C(=O)OC)nc3ccc(Cl)cc23)c1. The molecule has 0 aliphatic heterocycles. The normalized spacial score (nSPS) is 10.6. The van der Waals surface area contributed by atoms with Crippen LogP contribution in [0, 0.1) is 0 Å². The lowest BCUT2D eigenvalue weighted by molar-refractivity contribution is 0.0594. The second-order valence-electron chi connectivity index (χ2n) is 5.39. The lowest BCUT2D eigenvalue weighted by Crippen LogP contribution is -2.06. The number of anilines is 2. The molecule has 0 bridgehead atoms. The van der Waals surface area contributed by atoms with Crippen LogP contribution in [0.5, 0.6) is 0 Å². The second kappa shape index (κ2) is 6.89. The van der Waals surface area contributed by atoms with Crippen molar-refractivity contribution in [2.45, 2.75) is 13.3 Å². The van der Waals surface area contributed by atoms with Gasteiger partial charge in [0.15, 0.2) is 5.69 Å². The number of hydrogen-bond donors (Lipinski definition) is 1. The number of fused-ring (bicyclic) bond motifs is 1. The summed E-state index contributed by atoms with van der Waals surface area (Å²) >= 11 is 6.12. The molecule has 4 nitrogen and oxygen atoms in total. The van der Waals surface area contributed by atoms with Crippen molar-refractivity contribution in [3.05, 3.63) is 64.8 Å². The number of carbonyl (C=O) groups is 1. The van der Waals surface area contributed by atoms with Crippen molar-refractivity contribution in [2.75, 3.05) is 12.4 Å². The first-order valence-corrected chi connectivity index (χ1v) is 8.03. The Balaban J connectivity index is 2.12. The maximum atomic E-state index is 11.9. The number of methoxy groups -OCH3 is 1. The molecule has 3 rings (SSSR count). The Labute approximate surface area is 145 Å². The molecule has 5 heteroatoms. The van der Waals surface area contributed by atoms with E-state index in [9.17, 15) is 4.79 Å². The van der Waals surface area contributed by atoms with Crippen LogP contribution in [0.4, 0.5) is 11.4 Å². The number of nitrogens with zero attached hydrogens (tertiary/aromatic N) is 1. The predicted octanol–water partition coefficient (Wildman–Crippen LogP) is 4.98. The van der Waals surface area contributed by atoms with Crippen molar-refractivity contribution < 1.29 is 9.53 Å². The number of nitrogens with one attached hydrogen (secondary N) is 1. The summed E-state index contributed by atoms with van der Waals surface area (Å²) in [6.07, 6.45) is 0.950. The Morgan fingerprint density at radius 1 is 1.21 bits per heavy atom. The quantitative estimate of drug-likeness (QED) is 0.680. The molecule has 0 aliphatic carbocycles. The first kappa shape index (κ1) is 16.3. The summed E-state index contributed by atoms with van der Waals surface area (Å²) in [5, 5.41) is 4.82. The molecular weight excluding hydrogens is 324 g/mol. The number of ether oxygens (including phenoxy) is 1. The number of pyridine rings is 1. The molecule has 0 spiro atoms. The molecule has 0 fully saturated rings. The molecule has 122 valence electrons. The molecule has 24 heavy (non-hydrogen) atoms. The Morgan fingerprint density at radius 2 is 2.04 bits per heavy atom. The molecule has 2 aromatic carbocycles. The van der Waals surface area contributed by atoms with Crippen LogP contribution in [0.25, 0.3) is 10.9 Å². The Bertz CT molecular complexity index is 909. The van der Waals surface area contributed by atoms with Gasteiger partial charge in [-0.2, -0.15) is 0 Å². The fourth-order valence-corrected chi connectivity index (χ4v) is 2.71. The van der Waals surface area contributed by atoms with E-state index in [1.807, 2.05) is 18.2 Å². The van der Waals surface area contributed by atoms with Crippen LogP contribution >= 0.6 is 11.6 Å². The molecule has 0 atom stereocenters. The van der Waals surface area contributed by atoms with E-state index >= 15 is 0 Å². The van der Waals surface area contributed by atoms with Gasteiger partial charge in [-0.1, -0.05) is 30.7 Å². The van der Waals surface area contributed by atoms with E-state index in [1.165, 1.54) is 12.7 Å². The summed E-state index contributed by atoms with van der Waals surface area (Å²) in [6, 6.07) is 15.2. The molecule has 0 radical (unpaired) electrons. The highest BCUT2D eigenvalue weighted by atomic mass is 35.5. The Kier molecular flexibility index (Phi) is 4.67. The molecule has 0 saturated carbocycles. The summed E-state index contributed by atoms with van der Waals surface area (Å²) < 4.78 is 4.80. The smallest absolute Gasteiger partial charge is 0.356 e. The second-order valence-corrected chi connectivity index (χ2v) is 5.82. The van der Waals surface area contributed by atoms with Gasteiger partial charge in [0.2, 0.25) is 0 Å². The summed E-state index contributed by atoms with van der Waals surface area (Å²) in [5.74, 6) is -0.475. The van der Waals surface area contributed by atoms with Crippen molar-refractivity contribution in [3.8, 4) is 0 Å². The van der Waals surface area contributed by atoms with Crippen molar-refractivity contribution in [1.29, 1.82) is 0 Å². The standard InChI is InChI=1S/C19H17ClN2O2/c1-3-12-5-4-6-14(9-12)21-17-11-18(19(23)24-2)22-16-8-7-13(20)10-15(16)17/h4-11H,3H2,1-2H3,(H,21,22). The van der Waals surface area contributed by atoms with E-state index in [0.29, 0.717) is 10.5 Å². The third kappa shape index (κ3) is 3.34. The topological polar surface area (TPSA) is 51.2 Å². The highest BCUT2D eigenvalue weighted by Crippen LogP contribution is 2.29. The summed E-state index contributed by atoms with van der Waals surface area (Å²) in [7, 11) is 1.34.